The van der Waals surface area contributed by atoms with Gasteiger partial charge in [-0.2, -0.15) is 5.26 Å². The maximum absolute atomic E-state index is 13.3. The van der Waals surface area contributed by atoms with E-state index in [1.165, 1.54) is 18.5 Å². The summed E-state index contributed by atoms with van der Waals surface area (Å²) in [6.07, 6.45) is 2.90. The Morgan fingerprint density at radius 2 is 2.06 bits per heavy atom. The molecule has 2 rings (SSSR count). The van der Waals surface area contributed by atoms with Crippen molar-refractivity contribution in [3.05, 3.63) is 47.7 Å². The van der Waals surface area contributed by atoms with Crippen LogP contribution in [0.2, 0.25) is 0 Å². The van der Waals surface area contributed by atoms with Crippen LogP contribution in [0.1, 0.15) is 11.3 Å². The van der Waals surface area contributed by atoms with Crippen LogP contribution in [0.4, 0.5) is 15.9 Å². The third-order valence-corrected chi connectivity index (χ3v) is 2.24. The lowest BCUT2D eigenvalue weighted by Gasteiger charge is -2.06. The molecule has 0 unspecified atom stereocenters. The second-order valence-corrected chi connectivity index (χ2v) is 3.45. The number of hydrogen-bond donors (Lipinski definition) is 1. The summed E-state index contributed by atoms with van der Waals surface area (Å²) in [5, 5.41) is 11.7. The van der Waals surface area contributed by atoms with Crippen LogP contribution in [0.15, 0.2) is 30.6 Å². The summed E-state index contributed by atoms with van der Waals surface area (Å²) in [6, 6.07) is 6.63. The lowest BCUT2D eigenvalue weighted by molar-refractivity contribution is 0.619. The molecule has 2 aromatic rings. The van der Waals surface area contributed by atoms with Gasteiger partial charge in [-0.05, 0) is 24.6 Å². The van der Waals surface area contributed by atoms with Crippen molar-refractivity contribution in [3.8, 4) is 6.07 Å². The lowest BCUT2D eigenvalue weighted by atomic mass is 10.2. The van der Waals surface area contributed by atoms with E-state index in [1.54, 1.807) is 19.1 Å². The van der Waals surface area contributed by atoms with E-state index in [0.717, 1.165) is 0 Å². The molecule has 1 heterocycles. The van der Waals surface area contributed by atoms with Gasteiger partial charge < -0.3 is 5.32 Å². The molecule has 4 nitrogen and oxygen atoms in total. The second-order valence-electron chi connectivity index (χ2n) is 3.45. The molecule has 0 radical (unpaired) electrons. The normalized spacial score (nSPS) is 9.71. The number of nitriles is 1. The number of benzene rings is 1. The molecule has 1 aromatic carbocycles. The molecule has 1 aromatic heterocycles. The molecular weight excluding hydrogens is 219 g/mol. The maximum atomic E-state index is 13.3. The minimum atomic E-state index is -0.308. The quantitative estimate of drug-likeness (QED) is 0.857. The highest BCUT2D eigenvalue weighted by Gasteiger charge is 2.05. The highest BCUT2D eigenvalue weighted by molar-refractivity contribution is 5.60. The fourth-order valence-corrected chi connectivity index (χ4v) is 1.32. The Labute approximate surface area is 97.8 Å². The van der Waals surface area contributed by atoms with Crippen molar-refractivity contribution in [1.82, 2.24) is 9.97 Å². The predicted molar refractivity (Wildman–Crippen MR) is 61.2 cm³/mol. The van der Waals surface area contributed by atoms with Gasteiger partial charge in [0.25, 0.3) is 0 Å². The fraction of sp³-hybridized carbons (Fsp3) is 0.0833. The molecule has 0 aliphatic carbocycles. The third kappa shape index (κ3) is 2.37. The zero-order valence-corrected chi connectivity index (χ0v) is 9.11. The molecule has 0 atom stereocenters. The Morgan fingerprint density at radius 1 is 1.29 bits per heavy atom. The van der Waals surface area contributed by atoms with Gasteiger partial charge in [0.1, 0.15) is 11.9 Å². The van der Waals surface area contributed by atoms with Crippen LogP contribution in [0.5, 0.6) is 0 Å². The average Bonchev–Trinajstić information content (AvgIpc) is 2.34. The van der Waals surface area contributed by atoms with Gasteiger partial charge in [-0.25, -0.2) is 14.4 Å². The van der Waals surface area contributed by atoms with Crippen molar-refractivity contribution in [2.75, 3.05) is 5.32 Å². The van der Waals surface area contributed by atoms with Crippen LogP contribution in [0, 0.1) is 24.1 Å². The van der Waals surface area contributed by atoms with Crippen LogP contribution in [-0.4, -0.2) is 9.97 Å². The number of nitrogens with zero attached hydrogens (tertiary/aromatic N) is 3. The number of anilines is 2. The number of nitrogens with one attached hydrogen (secondary N) is 1. The van der Waals surface area contributed by atoms with E-state index in [4.69, 9.17) is 5.26 Å². The number of aromatic nitrogens is 2. The monoisotopic (exact) mass is 228 g/mol. The van der Waals surface area contributed by atoms with Crippen LogP contribution in [-0.2, 0) is 0 Å². The average molecular weight is 228 g/mol. The summed E-state index contributed by atoms with van der Waals surface area (Å²) in [4.78, 5) is 7.83. The van der Waals surface area contributed by atoms with Gasteiger partial charge in [0.15, 0.2) is 11.5 Å². The Morgan fingerprint density at radius 3 is 2.76 bits per heavy atom. The third-order valence-electron chi connectivity index (χ3n) is 2.24. The summed E-state index contributed by atoms with van der Waals surface area (Å²) >= 11 is 0. The van der Waals surface area contributed by atoms with E-state index in [-0.39, 0.29) is 11.5 Å². The zero-order valence-electron chi connectivity index (χ0n) is 9.11. The number of hydrogen-bond acceptors (Lipinski definition) is 4. The molecule has 0 amide bonds. The summed E-state index contributed by atoms with van der Waals surface area (Å²) in [5.41, 5.74) is 1.27. The van der Waals surface area contributed by atoms with E-state index in [9.17, 15) is 4.39 Å². The molecule has 0 bridgehead atoms. The van der Waals surface area contributed by atoms with E-state index < -0.39 is 0 Å². The van der Waals surface area contributed by atoms with E-state index in [2.05, 4.69) is 15.3 Å². The molecule has 17 heavy (non-hydrogen) atoms. The van der Waals surface area contributed by atoms with Gasteiger partial charge in [-0.1, -0.05) is 6.07 Å². The fourth-order valence-electron chi connectivity index (χ4n) is 1.32. The first-order chi connectivity index (χ1) is 8.20. The van der Waals surface area contributed by atoms with Gasteiger partial charge in [0.2, 0.25) is 0 Å². The summed E-state index contributed by atoms with van der Waals surface area (Å²) in [7, 11) is 0. The van der Waals surface area contributed by atoms with Crippen LogP contribution in [0.3, 0.4) is 0 Å². The standard InChI is InChI=1S/C12H9FN4/c1-8-2-3-9(6-10(8)13)17-12-11(7-14)15-4-5-16-12/h2-6H,1H3,(H,16,17). The van der Waals surface area contributed by atoms with Crippen LogP contribution in [0.25, 0.3) is 0 Å². The molecule has 0 saturated carbocycles. The highest BCUT2D eigenvalue weighted by Crippen LogP contribution is 2.18. The lowest BCUT2D eigenvalue weighted by Crippen LogP contribution is -1.99. The predicted octanol–water partition coefficient (Wildman–Crippen LogP) is 2.54. The minimum absolute atomic E-state index is 0.175. The molecule has 84 valence electrons. The molecule has 0 aliphatic heterocycles. The first-order valence-electron chi connectivity index (χ1n) is 4.95. The zero-order chi connectivity index (χ0) is 12.3. The van der Waals surface area contributed by atoms with E-state index in [1.807, 2.05) is 6.07 Å². The molecule has 0 saturated heterocycles. The van der Waals surface area contributed by atoms with Crippen molar-refractivity contribution in [1.29, 1.82) is 5.26 Å². The molecule has 5 heteroatoms. The van der Waals surface area contributed by atoms with Gasteiger partial charge in [-0.15, -0.1) is 0 Å². The second kappa shape index (κ2) is 4.58. The van der Waals surface area contributed by atoms with Gasteiger partial charge in [0.05, 0.1) is 0 Å². The van der Waals surface area contributed by atoms with E-state index >= 15 is 0 Å². The van der Waals surface area contributed by atoms with Crippen molar-refractivity contribution in [2.45, 2.75) is 6.92 Å². The summed E-state index contributed by atoms with van der Waals surface area (Å²) in [5.74, 6) is 0.00986. The Bertz CT molecular complexity index is 589. The number of halogens is 1. The summed E-state index contributed by atoms with van der Waals surface area (Å²) < 4.78 is 13.3. The van der Waals surface area contributed by atoms with Crippen molar-refractivity contribution < 1.29 is 4.39 Å². The van der Waals surface area contributed by atoms with Crippen molar-refractivity contribution in [2.24, 2.45) is 0 Å². The first-order valence-corrected chi connectivity index (χ1v) is 4.95. The van der Waals surface area contributed by atoms with E-state index in [0.29, 0.717) is 17.1 Å². The van der Waals surface area contributed by atoms with Crippen LogP contribution >= 0.6 is 0 Å². The molecule has 0 fully saturated rings. The number of aryl methyl sites for hydroxylation is 1. The topological polar surface area (TPSA) is 61.6 Å². The summed E-state index contributed by atoms with van der Waals surface area (Å²) in [6.45, 7) is 1.68. The Kier molecular flexibility index (Phi) is 2.97. The Hall–Kier alpha value is -2.48. The van der Waals surface area contributed by atoms with Crippen molar-refractivity contribution in [3.63, 3.8) is 0 Å². The first kappa shape index (κ1) is 11.0. The Balaban J connectivity index is 2.32. The molecule has 0 aliphatic rings. The number of rotatable bonds is 2. The minimum Gasteiger partial charge on any atom is -0.338 e. The maximum Gasteiger partial charge on any atom is 0.183 e. The van der Waals surface area contributed by atoms with Crippen molar-refractivity contribution >= 4 is 11.5 Å². The van der Waals surface area contributed by atoms with Gasteiger partial charge >= 0.3 is 0 Å². The van der Waals surface area contributed by atoms with Gasteiger partial charge in [-0.3, -0.25) is 0 Å². The molecule has 1 N–H and O–H groups in total. The SMILES string of the molecule is Cc1ccc(Nc2nccnc2C#N)cc1F. The largest absolute Gasteiger partial charge is 0.338 e. The molecule has 0 spiro atoms. The highest BCUT2D eigenvalue weighted by atomic mass is 19.1. The smallest absolute Gasteiger partial charge is 0.183 e. The van der Waals surface area contributed by atoms with Crippen LogP contribution < -0.4 is 5.32 Å². The van der Waals surface area contributed by atoms with Gasteiger partial charge in [0, 0.05) is 18.1 Å². The molecular formula is C12H9FN4.